The highest BCUT2D eigenvalue weighted by atomic mass is 35.5. The number of amides is 1. The minimum absolute atomic E-state index is 0.127. The molecule has 1 aromatic carbocycles. The Hall–Kier alpha value is -1.89. The van der Waals surface area contributed by atoms with Gasteiger partial charge in [-0.3, -0.25) is 4.79 Å². The van der Waals surface area contributed by atoms with Crippen molar-refractivity contribution in [3.05, 3.63) is 52.6 Å². The summed E-state index contributed by atoms with van der Waals surface area (Å²) in [4.78, 5) is 21.8. The van der Waals surface area contributed by atoms with Crippen molar-refractivity contribution < 1.29 is 9.53 Å². The fraction of sp³-hybridized carbons (Fsp3) is 0.412. The number of aromatic nitrogens is 2. The number of carbonyl (C=O) groups excluding carboxylic acids is 1. The van der Waals surface area contributed by atoms with Gasteiger partial charge in [0.25, 0.3) is 5.91 Å². The first-order valence-corrected chi connectivity index (χ1v) is 8.29. The van der Waals surface area contributed by atoms with Crippen LogP contribution >= 0.6 is 11.6 Å². The van der Waals surface area contributed by atoms with E-state index >= 15 is 0 Å². The lowest BCUT2D eigenvalue weighted by molar-refractivity contribution is -0.0381. The van der Waals surface area contributed by atoms with Gasteiger partial charge in [-0.25, -0.2) is 4.98 Å². The summed E-state index contributed by atoms with van der Waals surface area (Å²) >= 11 is 5.99. The van der Waals surface area contributed by atoms with Crippen molar-refractivity contribution in [3.8, 4) is 0 Å². The van der Waals surface area contributed by atoms with Crippen molar-refractivity contribution in [3.63, 3.8) is 0 Å². The molecule has 0 spiro atoms. The van der Waals surface area contributed by atoms with E-state index in [-0.39, 0.29) is 18.1 Å². The summed E-state index contributed by atoms with van der Waals surface area (Å²) in [5.41, 5.74) is 1.40. The van der Waals surface area contributed by atoms with Crippen LogP contribution in [0.15, 0.2) is 30.5 Å². The molecule has 0 aliphatic carbocycles. The van der Waals surface area contributed by atoms with Crippen LogP contribution in [-0.4, -0.2) is 53.6 Å². The standard InChI is InChI=1S/C17H21ClN4O2/c1-11-19-9-14(20-11)17(23)21-16(12-3-5-13(18)6-4-12)15-10-22(2)7-8-24-15/h3-6,9,15-16H,7-8,10H2,1-2H3,(H,19,20)(H,21,23)/t15-,16-/m1/s1. The Morgan fingerprint density at radius 1 is 1.46 bits per heavy atom. The first-order valence-electron chi connectivity index (χ1n) is 7.91. The number of halogens is 1. The van der Waals surface area contributed by atoms with Crippen LogP contribution in [0.25, 0.3) is 0 Å². The molecule has 0 unspecified atom stereocenters. The predicted molar refractivity (Wildman–Crippen MR) is 92.2 cm³/mol. The molecule has 0 radical (unpaired) electrons. The third kappa shape index (κ3) is 3.95. The number of morpholine rings is 1. The molecule has 128 valence electrons. The van der Waals surface area contributed by atoms with Gasteiger partial charge in [-0.05, 0) is 31.7 Å². The summed E-state index contributed by atoms with van der Waals surface area (Å²) in [5, 5.41) is 3.73. The first kappa shape index (κ1) is 17.0. The molecule has 6 nitrogen and oxygen atoms in total. The molecule has 2 heterocycles. The highest BCUT2D eigenvalue weighted by Crippen LogP contribution is 2.24. The van der Waals surface area contributed by atoms with E-state index in [1.54, 1.807) is 0 Å². The second-order valence-electron chi connectivity index (χ2n) is 6.06. The lowest BCUT2D eigenvalue weighted by Crippen LogP contribution is -2.48. The summed E-state index contributed by atoms with van der Waals surface area (Å²) in [6.45, 7) is 4.09. The summed E-state index contributed by atoms with van der Waals surface area (Å²) < 4.78 is 5.92. The number of carbonyl (C=O) groups is 1. The number of ether oxygens (including phenoxy) is 1. The van der Waals surface area contributed by atoms with Gasteiger partial charge in [0, 0.05) is 18.1 Å². The average molecular weight is 349 g/mol. The smallest absolute Gasteiger partial charge is 0.269 e. The number of aryl methyl sites for hydroxylation is 1. The number of aromatic amines is 1. The molecule has 1 aliphatic heterocycles. The molecule has 2 N–H and O–H groups in total. The van der Waals surface area contributed by atoms with Crippen LogP contribution in [0.5, 0.6) is 0 Å². The minimum atomic E-state index is -0.263. The molecule has 1 aliphatic rings. The third-order valence-corrected chi connectivity index (χ3v) is 4.38. The van der Waals surface area contributed by atoms with E-state index in [4.69, 9.17) is 16.3 Å². The van der Waals surface area contributed by atoms with Crippen molar-refractivity contribution >= 4 is 17.5 Å². The zero-order chi connectivity index (χ0) is 17.1. The van der Waals surface area contributed by atoms with Gasteiger partial charge in [0.05, 0.1) is 24.9 Å². The quantitative estimate of drug-likeness (QED) is 0.888. The number of nitrogens with one attached hydrogen (secondary N) is 2. The van der Waals surface area contributed by atoms with Crippen molar-refractivity contribution in [2.45, 2.75) is 19.1 Å². The minimum Gasteiger partial charge on any atom is -0.373 e. The Bertz CT molecular complexity index is 701. The van der Waals surface area contributed by atoms with E-state index in [2.05, 4.69) is 27.2 Å². The van der Waals surface area contributed by atoms with E-state index in [1.807, 2.05) is 31.2 Å². The molecule has 0 bridgehead atoms. The van der Waals surface area contributed by atoms with Crippen LogP contribution in [0.1, 0.15) is 27.9 Å². The van der Waals surface area contributed by atoms with Crippen LogP contribution in [0.3, 0.4) is 0 Å². The summed E-state index contributed by atoms with van der Waals surface area (Å²) in [5.74, 6) is 0.504. The molecule has 1 amide bonds. The average Bonchev–Trinajstić information content (AvgIpc) is 3.00. The molecule has 7 heteroatoms. The van der Waals surface area contributed by atoms with Gasteiger partial charge in [-0.1, -0.05) is 23.7 Å². The molecule has 24 heavy (non-hydrogen) atoms. The number of likely N-dealkylation sites (N-methyl/N-ethyl adjacent to an activating group) is 1. The summed E-state index contributed by atoms with van der Waals surface area (Å²) in [7, 11) is 2.05. The normalized spacial score (nSPS) is 19.9. The molecular formula is C17H21ClN4O2. The zero-order valence-corrected chi connectivity index (χ0v) is 14.5. The maximum atomic E-state index is 12.6. The molecular weight excluding hydrogens is 328 g/mol. The maximum Gasteiger partial charge on any atom is 0.269 e. The van der Waals surface area contributed by atoms with Crippen molar-refractivity contribution in [2.75, 3.05) is 26.7 Å². The Balaban J connectivity index is 1.83. The molecule has 1 aromatic heterocycles. The number of nitrogens with zero attached hydrogens (tertiary/aromatic N) is 2. The fourth-order valence-electron chi connectivity index (χ4n) is 2.83. The highest BCUT2D eigenvalue weighted by molar-refractivity contribution is 6.30. The van der Waals surface area contributed by atoms with E-state index in [9.17, 15) is 4.79 Å². The number of hydrogen-bond acceptors (Lipinski definition) is 4. The van der Waals surface area contributed by atoms with Gasteiger partial charge in [0.15, 0.2) is 0 Å². The lowest BCUT2D eigenvalue weighted by atomic mass is 9.99. The van der Waals surface area contributed by atoms with Gasteiger partial charge in [-0.15, -0.1) is 0 Å². The van der Waals surface area contributed by atoms with Crippen molar-refractivity contribution in [1.82, 2.24) is 20.2 Å². The van der Waals surface area contributed by atoms with E-state index in [1.165, 1.54) is 6.20 Å². The van der Waals surface area contributed by atoms with Crippen LogP contribution < -0.4 is 5.32 Å². The van der Waals surface area contributed by atoms with Crippen LogP contribution in [0, 0.1) is 6.92 Å². The van der Waals surface area contributed by atoms with E-state index in [0.29, 0.717) is 23.1 Å². The Kier molecular flexibility index (Phi) is 5.18. The number of rotatable bonds is 4. The lowest BCUT2D eigenvalue weighted by Gasteiger charge is -2.35. The Morgan fingerprint density at radius 3 is 2.83 bits per heavy atom. The molecule has 1 saturated heterocycles. The fourth-order valence-corrected chi connectivity index (χ4v) is 2.95. The molecule has 2 aromatic rings. The number of H-pyrrole nitrogens is 1. The summed E-state index contributed by atoms with van der Waals surface area (Å²) in [6, 6.07) is 7.22. The van der Waals surface area contributed by atoms with Crippen LogP contribution in [0.4, 0.5) is 0 Å². The van der Waals surface area contributed by atoms with Crippen molar-refractivity contribution in [1.29, 1.82) is 0 Å². The predicted octanol–water partition coefficient (Wildman–Crippen LogP) is 2.17. The first-order chi connectivity index (χ1) is 11.5. The van der Waals surface area contributed by atoms with E-state index in [0.717, 1.165) is 18.7 Å². The van der Waals surface area contributed by atoms with Crippen molar-refractivity contribution in [2.24, 2.45) is 0 Å². The second kappa shape index (κ2) is 7.34. The zero-order valence-electron chi connectivity index (χ0n) is 13.8. The largest absolute Gasteiger partial charge is 0.373 e. The van der Waals surface area contributed by atoms with Crippen LogP contribution in [-0.2, 0) is 4.74 Å². The molecule has 1 fully saturated rings. The highest BCUT2D eigenvalue weighted by Gasteiger charge is 2.30. The monoisotopic (exact) mass is 348 g/mol. The topological polar surface area (TPSA) is 70.2 Å². The number of benzene rings is 1. The van der Waals surface area contributed by atoms with Gasteiger partial charge in [0.2, 0.25) is 0 Å². The number of hydrogen-bond donors (Lipinski definition) is 2. The second-order valence-corrected chi connectivity index (χ2v) is 6.49. The molecule has 2 atom stereocenters. The van der Waals surface area contributed by atoms with E-state index < -0.39 is 0 Å². The SMILES string of the molecule is Cc1ncc(C(=O)N[C@H](c2ccc(Cl)cc2)[C@H]2CN(C)CCO2)[nH]1. The maximum absolute atomic E-state index is 12.6. The number of imidazole rings is 1. The molecule has 3 rings (SSSR count). The Labute approximate surface area is 146 Å². The van der Waals surface area contributed by atoms with Gasteiger partial charge in [-0.2, -0.15) is 0 Å². The Morgan fingerprint density at radius 2 is 2.21 bits per heavy atom. The van der Waals surface area contributed by atoms with Gasteiger partial charge < -0.3 is 19.9 Å². The third-order valence-electron chi connectivity index (χ3n) is 4.13. The molecule has 0 saturated carbocycles. The van der Waals surface area contributed by atoms with Gasteiger partial charge >= 0.3 is 0 Å². The van der Waals surface area contributed by atoms with Crippen LogP contribution in [0.2, 0.25) is 5.02 Å². The van der Waals surface area contributed by atoms with Gasteiger partial charge in [0.1, 0.15) is 11.5 Å². The summed E-state index contributed by atoms with van der Waals surface area (Å²) in [6.07, 6.45) is 1.41.